The zero-order valence-corrected chi connectivity index (χ0v) is 12.4. The lowest BCUT2D eigenvalue weighted by atomic mass is 10.2. The van der Waals surface area contributed by atoms with E-state index in [0.717, 1.165) is 0 Å². The first kappa shape index (κ1) is 17.4. The van der Waals surface area contributed by atoms with E-state index in [4.69, 9.17) is 9.84 Å². The van der Waals surface area contributed by atoms with Gasteiger partial charge in [-0.1, -0.05) is 0 Å². The summed E-state index contributed by atoms with van der Waals surface area (Å²) in [4.78, 5) is 34.2. The van der Waals surface area contributed by atoms with Gasteiger partial charge in [0.25, 0.3) is 0 Å². The molecule has 8 heteroatoms. The average molecular weight is 309 g/mol. The van der Waals surface area contributed by atoms with Crippen molar-refractivity contribution in [1.29, 1.82) is 0 Å². The molecule has 0 unspecified atom stereocenters. The number of rotatable bonds is 5. The Bertz CT molecular complexity index is 528. The van der Waals surface area contributed by atoms with E-state index in [1.54, 1.807) is 6.92 Å². The molecule has 0 aliphatic carbocycles. The van der Waals surface area contributed by atoms with E-state index in [0.29, 0.717) is 11.3 Å². The summed E-state index contributed by atoms with van der Waals surface area (Å²) < 4.78 is 4.84. The molecule has 0 aliphatic rings. The Balaban J connectivity index is 2.45. The lowest BCUT2D eigenvalue weighted by molar-refractivity contribution is -0.123. The number of hydrogen-bond acceptors (Lipinski definition) is 5. The Kier molecular flexibility index (Phi) is 6.84. The molecule has 0 aliphatic heterocycles. The first-order valence-corrected chi connectivity index (χ1v) is 6.73. The van der Waals surface area contributed by atoms with Crippen molar-refractivity contribution in [1.82, 2.24) is 10.9 Å². The Hall–Kier alpha value is -2.61. The Morgan fingerprint density at radius 3 is 2.36 bits per heavy atom. The number of carbonyl (C=O) groups is 3. The van der Waals surface area contributed by atoms with E-state index < -0.39 is 24.0 Å². The summed E-state index contributed by atoms with van der Waals surface area (Å²) in [5, 5.41) is 11.5. The molecule has 22 heavy (non-hydrogen) atoms. The maximum atomic E-state index is 11.5. The SMILES string of the molecule is CCOC(=O)c1ccc(NC(=O)NNC(=O)C[C@H](C)O)cc1. The maximum Gasteiger partial charge on any atom is 0.338 e. The molecular weight excluding hydrogens is 290 g/mol. The number of urea groups is 1. The number of esters is 1. The van der Waals surface area contributed by atoms with Crippen LogP contribution in [0.2, 0.25) is 0 Å². The van der Waals surface area contributed by atoms with Crippen LogP contribution >= 0.6 is 0 Å². The van der Waals surface area contributed by atoms with Crippen LogP contribution in [0.3, 0.4) is 0 Å². The third kappa shape index (κ3) is 6.23. The van der Waals surface area contributed by atoms with Crippen molar-refractivity contribution in [2.24, 2.45) is 0 Å². The van der Waals surface area contributed by atoms with Crippen molar-refractivity contribution in [2.75, 3.05) is 11.9 Å². The topological polar surface area (TPSA) is 117 Å². The third-order valence-electron chi connectivity index (χ3n) is 2.45. The van der Waals surface area contributed by atoms with Gasteiger partial charge in [-0.25, -0.2) is 15.0 Å². The zero-order chi connectivity index (χ0) is 16.5. The van der Waals surface area contributed by atoms with Gasteiger partial charge in [0.05, 0.1) is 24.7 Å². The van der Waals surface area contributed by atoms with Gasteiger partial charge in [-0.2, -0.15) is 0 Å². The summed E-state index contributed by atoms with van der Waals surface area (Å²) in [6.07, 6.45) is -0.908. The zero-order valence-electron chi connectivity index (χ0n) is 12.4. The second-order valence-electron chi connectivity index (χ2n) is 4.48. The summed E-state index contributed by atoms with van der Waals surface area (Å²) in [6, 6.07) is 5.44. The van der Waals surface area contributed by atoms with Gasteiger partial charge in [0.15, 0.2) is 0 Å². The first-order valence-electron chi connectivity index (χ1n) is 6.73. The van der Waals surface area contributed by atoms with E-state index in [9.17, 15) is 14.4 Å². The number of nitrogens with one attached hydrogen (secondary N) is 3. The molecule has 0 spiro atoms. The highest BCUT2D eigenvalue weighted by Crippen LogP contribution is 2.10. The Morgan fingerprint density at radius 1 is 1.18 bits per heavy atom. The van der Waals surface area contributed by atoms with Gasteiger partial charge < -0.3 is 15.2 Å². The molecule has 120 valence electrons. The minimum absolute atomic E-state index is 0.117. The molecule has 1 aromatic carbocycles. The summed E-state index contributed by atoms with van der Waals surface area (Å²) >= 11 is 0. The van der Waals surface area contributed by atoms with Crippen LogP contribution in [0.4, 0.5) is 10.5 Å². The number of hydrazine groups is 1. The predicted octanol–water partition coefficient (Wildman–Crippen LogP) is 0.787. The van der Waals surface area contributed by atoms with Gasteiger partial charge in [0.2, 0.25) is 5.91 Å². The fourth-order valence-electron chi connectivity index (χ4n) is 1.51. The van der Waals surface area contributed by atoms with Crippen LogP contribution in [0.15, 0.2) is 24.3 Å². The second-order valence-corrected chi connectivity index (χ2v) is 4.48. The highest BCUT2D eigenvalue weighted by Gasteiger charge is 2.09. The third-order valence-corrected chi connectivity index (χ3v) is 2.45. The lowest BCUT2D eigenvalue weighted by Gasteiger charge is -2.10. The molecule has 0 saturated carbocycles. The van der Waals surface area contributed by atoms with Gasteiger partial charge in [0.1, 0.15) is 0 Å². The summed E-state index contributed by atoms with van der Waals surface area (Å²) in [5.74, 6) is -0.952. The van der Waals surface area contributed by atoms with Crippen molar-refractivity contribution >= 4 is 23.6 Å². The molecule has 0 bridgehead atoms. The molecule has 1 rings (SSSR count). The summed E-state index contributed by atoms with van der Waals surface area (Å²) in [6.45, 7) is 3.46. The van der Waals surface area contributed by atoms with Crippen molar-refractivity contribution in [3.63, 3.8) is 0 Å². The highest BCUT2D eigenvalue weighted by atomic mass is 16.5. The van der Waals surface area contributed by atoms with Gasteiger partial charge >= 0.3 is 12.0 Å². The molecular formula is C14H19N3O5. The number of amides is 3. The van der Waals surface area contributed by atoms with Gasteiger partial charge in [-0.15, -0.1) is 0 Å². The predicted molar refractivity (Wildman–Crippen MR) is 79.0 cm³/mol. The van der Waals surface area contributed by atoms with E-state index >= 15 is 0 Å². The molecule has 1 aromatic rings. The van der Waals surface area contributed by atoms with Crippen LogP contribution in [-0.2, 0) is 9.53 Å². The average Bonchev–Trinajstić information content (AvgIpc) is 2.45. The molecule has 0 radical (unpaired) electrons. The number of carbonyl (C=O) groups excluding carboxylic acids is 3. The molecule has 3 amide bonds. The molecule has 0 aromatic heterocycles. The number of anilines is 1. The first-order chi connectivity index (χ1) is 10.4. The van der Waals surface area contributed by atoms with Crippen molar-refractivity contribution in [2.45, 2.75) is 26.4 Å². The number of aliphatic hydroxyl groups is 1. The minimum Gasteiger partial charge on any atom is -0.462 e. The molecule has 0 fully saturated rings. The second kappa shape index (κ2) is 8.63. The van der Waals surface area contributed by atoms with E-state index in [-0.39, 0.29) is 13.0 Å². The Labute approximate surface area is 127 Å². The molecule has 0 saturated heterocycles. The van der Waals surface area contributed by atoms with Crippen LogP contribution < -0.4 is 16.2 Å². The lowest BCUT2D eigenvalue weighted by Crippen LogP contribution is -2.44. The number of ether oxygens (including phenoxy) is 1. The van der Waals surface area contributed by atoms with E-state index in [2.05, 4.69) is 16.2 Å². The van der Waals surface area contributed by atoms with Crippen molar-refractivity contribution in [3.8, 4) is 0 Å². The Morgan fingerprint density at radius 2 is 1.82 bits per heavy atom. The number of aliphatic hydroxyl groups excluding tert-OH is 1. The number of hydrogen-bond donors (Lipinski definition) is 4. The molecule has 8 nitrogen and oxygen atoms in total. The van der Waals surface area contributed by atoms with Crippen LogP contribution in [-0.4, -0.2) is 35.7 Å². The van der Waals surface area contributed by atoms with Crippen molar-refractivity contribution in [3.05, 3.63) is 29.8 Å². The monoisotopic (exact) mass is 309 g/mol. The van der Waals surface area contributed by atoms with Gasteiger partial charge in [-0.05, 0) is 38.1 Å². The van der Waals surface area contributed by atoms with Crippen molar-refractivity contribution < 1.29 is 24.2 Å². The molecule has 0 heterocycles. The molecule has 1 atom stereocenters. The van der Waals surface area contributed by atoms with E-state index in [1.807, 2.05) is 0 Å². The summed E-state index contributed by atoms with van der Waals surface area (Å²) in [5.41, 5.74) is 5.10. The van der Waals surface area contributed by atoms with Gasteiger partial charge in [0, 0.05) is 5.69 Å². The largest absolute Gasteiger partial charge is 0.462 e. The quantitative estimate of drug-likeness (QED) is 0.474. The van der Waals surface area contributed by atoms with Gasteiger partial charge in [-0.3, -0.25) is 10.2 Å². The molecule has 4 N–H and O–H groups in total. The van der Waals surface area contributed by atoms with Crippen LogP contribution in [0.1, 0.15) is 30.6 Å². The fourth-order valence-corrected chi connectivity index (χ4v) is 1.51. The van der Waals surface area contributed by atoms with Crippen LogP contribution in [0.25, 0.3) is 0 Å². The maximum absolute atomic E-state index is 11.5. The normalized spacial score (nSPS) is 11.2. The smallest absolute Gasteiger partial charge is 0.338 e. The number of benzene rings is 1. The standard InChI is InChI=1S/C14H19N3O5/c1-3-22-13(20)10-4-6-11(7-5-10)15-14(21)17-16-12(19)8-9(2)18/h4-7,9,18H,3,8H2,1-2H3,(H,16,19)(H2,15,17,21)/t9-/m0/s1. The minimum atomic E-state index is -0.791. The van der Waals surface area contributed by atoms with Crippen LogP contribution in [0, 0.1) is 0 Å². The summed E-state index contributed by atoms with van der Waals surface area (Å²) in [7, 11) is 0. The van der Waals surface area contributed by atoms with Crippen LogP contribution in [0.5, 0.6) is 0 Å². The fraction of sp³-hybridized carbons (Fsp3) is 0.357. The highest BCUT2D eigenvalue weighted by molar-refractivity contribution is 5.93. The van der Waals surface area contributed by atoms with E-state index in [1.165, 1.54) is 31.2 Å².